The predicted octanol–water partition coefficient (Wildman–Crippen LogP) is 0.0212. The smallest absolute Gasteiger partial charge is 0.112 e. The highest BCUT2D eigenvalue weighted by Gasteiger charge is 2.38. The van der Waals surface area contributed by atoms with Crippen LogP contribution < -0.4 is 0 Å². The van der Waals surface area contributed by atoms with Crippen molar-refractivity contribution in [1.82, 2.24) is 0 Å². The average Bonchev–Trinajstić information content (AvgIpc) is 2.30. The monoisotopic (exact) mass is 176 g/mol. The van der Waals surface area contributed by atoms with Crippen LogP contribution in [0.5, 0.6) is 0 Å². The fourth-order valence-corrected chi connectivity index (χ4v) is 1.23. The molecule has 0 aromatic rings. The summed E-state index contributed by atoms with van der Waals surface area (Å²) in [6, 6.07) is 0. The maximum atomic E-state index is 11.7. The van der Waals surface area contributed by atoms with Crippen molar-refractivity contribution < 1.29 is 19.3 Å². The summed E-state index contributed by atoms with van der Waals surface area (Å²) in [7, 11) is 0. The van der Waals surface area contributed by atoms with Crippen LogP contribution in [0.25, 0.3) is 0 Å². The molecule has 1 heterocycles. The summed E-state index contributed by atoms with van der Waals surface area (Å²) in [5.74, 6) is 0. The zero-order chi connectivity index (χ0) is 9.14. The second kappa shape index (κ2) is 3.98. The van der Waals surface area contributed by atoms with Gasteiger partial charge in [0.15, 0.2) is 0 Å². The van der Waals surface area contributed by atoms with Gasteiger partial charge in [0.05, 0.1) is 6.10 Å². The van der Waals surface area contributed by atoms with Crippen molar-refractivity contribution in [2.75, 3.05) is 6.67 Å². The first kappa shape index (κ1) is 9.64. The molecule has 1 fully saturated rings. The molecule has 4 heteroatoms. The average molecular weight is 176 g/mol. The highest BCUT2D eigenvalue weighted by molar-refractivity contribution is 5.01. The Labute approximate surface area is 70.5 Å². The molecule has 2 N–H and O–H groups in total. The van der Waals surface area contributed by atoms with Crippen molar-refractivity contribution in [3.8, 4) is 0 Å². The lowest BCUT2D eigenvalue weighted by molar-refractivity contribution is 0.0316. The van der Waals surface area contributed by atoms with Gasteiger partial charge in [-0.15, -0.1) is 0 Å². The number of alkyl halides is 1. The summed E-state index contributed by atoms with van der Waals surface area (Å²) in [6.07, 6.45) is -0.0992. The third-order valence-corrected chi connectivity index (χ3v) is 1.95. The number of hydrogen-bond acceptors (Lipinski definition) is 3. The molecule has 0 radical (unpaired) electrons. The molecule has 2 unspecified atom stereocenters. The quantitative estimate of drug-likeness (QED) is 0.583. The molecule has 0 amide bonds. The van der Waals surface area contributed by atoms with Gasteiger partial charge in [0.25, 0.3) is 0 Å². The van der Waals surface area contributed by atoms with Gasteiger partial charge in [-0.2, -0.15) is 0 Å². The minimum Gasteiger partial charge on any atom is -0.388 e. The first-order chi connectivity index (χ1) is 5.66. The molecule has 0 saturated carbocycles. The Morgan fingerprint density at radius 1 is 1.42 bits per heavy atom. The number of allylic oxidation sites excluding steroid dienone is 1. The summed E-state index contributed by atoms with van der Waals surface area (Å²) < 4.78 is 16.8. The molecular formula is C8H13FO3. The van der Waals surface area contributed by atoms with E-state index in [-0.39, 0.29) is 0 Å². The third kappa shape index (κ3) is 1.83. The fourth-order valence-electron chi connectivity index (χ4n) is 1.23. The molecule has 12 heavy (non-hydrogen) atoms. The Hall–Kier alpha value is -0.450. The Bertz CT molecular complexity index is 172. The summed E-state index contributed by atoms with van der Waals surface area (Å²) in [4.78, 5) is 0. The Morgan fingerprint density at radius 2 is 2.08 bits per heavy atom. The molecule has 70 valence electrons. The van der Waals surface area contributed by atoms with Crippen molar-refractivity contribution in [2.24, 2.45) is 0 Å². The van der Waals surface area contributed by atoms with Gasteiger partial charge in [-0.25, -0.2) is 4.39 Å². The standard InChI is InChI=1S/C8H13FO3/c1-5-7(10)8(11)6(12-5)3-2-4-9/h2-3,5-8,10-11H,4H2,1H3/b3-2+/t5-,6+,7?,8?/m0/s1. The molecule has 3 nitrogen and oxygen atoms in total. The van der Waals surface area contributed by atoms with E-state index in [9.17, 15) is 14.6 Å². The Balaban J connectivity index is 2.52. The normalized spacial score (nSPS) is 42.7. The molecule has 0 aliphatic carbocycles. The maximum absolute atomic E-state index is 11.7. The number of rotatable bonds is 2. The Morgan fingerprint density at radius 3 is 2.50 bits per heavy atom. The number of aliphatic hydroxyl groups excluding tert-OH is 2. The molecule has 1 rings (SSSR count). The summed E-state index contributed by atoms with van der Waals surface area (Å²) in [5.41, 5.74) is 0. The van der Waals surface area contributed by atoms with Crippen LogP contribution in [0.1, 0.15) is 6.92 Å². The van der Waals surface area contributed by atoms with Crippen molar-refractivity contribution in [3.05, 3.63) is 12.2 Å². The zero-order valence-electron chi connectivity index (χ0n) is 6.85. The minimum atomic E-state index is -0.942. The van der Waals surface area contributed by atoms with E-state index in [0.717, 1.165) is 0 Å². The van der Waals surface area contributed by atoms with Gasteiger partial charge in [-0.1, -0.05) is 12.2 Å². The predicted molar refractivity (Wildman–Crippen MR) is 41.5 cm³/mol. The molecule has 0 spiro atoms. The first-order valence-electron chi connectivity index (χ1n) is 3.91. The fraction of sp³-hybridized carbons (Fsp3) is 0.750. The van der Waals surface area contributed by atoms with Gasteiger partial charge in [0.2, 0.25) is 0 Å². The molecule has 0 aromatic carbocycles. The van der Waals surface area contributed by atoms with E-state index >= 15 is 0 Å². The molecule has 1 aliphatic rings. The van der Waals surface area contributed by atoms with Crippen LogP contribution >= 0.6 is 0 Å². The summed E-state index contributed by atoms with van der Waals surface area (Å²) in [6.45, 7) is 1.08. The molecule has 1 saturated heterocycles. The van der Waals surface area contributed by atoms with Gasteiger partial charge < -0.3 is 14.9 Å². The number of ether oxygens (including phenoxy) is 1. The van der Waals surface area contributed by atoms with Crippen molar-refractivity contribution >= 4 is 0 Å². The van der Waals surface area contributed by atoms with Gasteiger partial charge >= 0.3 is 0 Å². The van der Waals surface area contributed by atoms with Crippen LogP contribution in [0.15, 0.2) is 12.2 Å². The van der Waals surface area contributed by atoms with Crippen LogP contribution in [-0.4, -0.2) is 41.3 Å². The maximum Gasteiger partial charge on any atom is 0.112 e. The SMILES string of the molecule is C[C@@H]1O[C@H](/C=C/CF)C(O)C1O. The lowest BCUT2D eigenvalue weighted by Crippen LogP contribution is -2.30. The highest BCUT2D eigenvalue weighted by Crippen LogP contribution is 2.21. The van der Waals surface area contributed by atoms with Crippen molar-refractivity contribution in [3.63, 3.8) is 0 Å². The topological polar surface area (TPSA) is 49.7 Å². The van der Waals surface area contributed by atoms with E-state index in [1.165, 1.54) is 12.2 Å². The van der Waals surface area contributed by atoms with E-state index in [1.807, 2.05) is 0 Å². The second-order valence-corrected chi connectivity index (χ2v) is 2.87. The second-order valence-electron chi connectivity index (χ2n) is 2.87. The van der Waals surface area contributed by atoms with Crippen LogP contribution in [0.4, 0.5) is 4.39 Å². The van der Waals surface area contributed by atoms with E-state index in [4.69, 9.17) is 4.74 Å². The molecular weight excluding hydrogens is 163 g/mol. The molecule has 0 aromatic heterocycles. The van der Waals surface area contributed by atoms with Crippen LogP contribution in [0.2, 0.25) is 0 Å². The van der Waals surface area contributed by atoms with Gasteiger partial charge in [0.1, 0.15) is 25.0 Å². The van der Waals surface area contributed by atoms with E-state index < -0.39 is 31.1 Å². The lowest BCUT2D eigenvalue weighted by Gasteiger charge is -2.09. The van der Waals surface area contributed by atoms with Crippen LogP contribution in [-0.2, 0) is 4.74 Å². The number of halogens is 1. The third-order valence-electron chi connectivity index (χ3n) is 1.95. The minimum absolute atomic E-state index is 0.394. The zero-order valence-corrected chi connectivity index (χ0v) is 6.85. The molecule has 0 bridgehead atoms. The number of aliphatic hydroxyl groups is 2. The van der Waals surface area contributed by atoms with Gasteiger partial charge in [-0.05, 0) is 6.92 Å². The van der Waals surface area contributed by atoms with Crippen LogP contribution in [0.3, 0.4) is 0 Å². The highest BCUT2D eigenvalue weighted by atomic mass is 19.1. The van der Waals surface area contributed by atoms with Crippen LogP contribution in [0, 0.1) is 0 Å². The van der Waals surface area contributed by atoms with Crippen molar-refractivity contribution in [1.29, 1.82) is 0 Å². The summed E-state index contributed by atoms with van der Waals surface area (Å²) >= 11 is 0. The molecule has 4 atom stereocenters. The molecule has 1 aliphatic heterocycles. The summed E-state index contributed by atoms with van der Waals surface area (Å²) in [5, 5.41) is 18.5. The van der Waals surface area contributed by atoms with E-state index in [0.29, 0.717) is 0 Å². The van der Waals surface area contributed by atoms with Crippen molar-refractivity contribution in [2.45, 2.75) is 31.3 Å². The van der Waals surface area contributed by atoms with Gasteiger partial charge in [0, 0.05) is 0 Å². The lowest BCUT2D eigenvalue weighted by atomic mass is 10.1. The number of hydrogen-bond donors (Lipinski definition) is 2. The Kier molecular flexibility index (Phi) is 3.20. The van der Waals surface area contributed by atoms with E-state index in [2.05, 4.69) is 0 Å². The van der Waals surface area contributed by atoms with Gasteiger partial charge in [-0.3, -0.25) is 0 Å². The van der Waals surface area contributed by atoms with E-state index in [1.54, 1.807) is 6.92 Å². The first-order valence-corrected chi connectivity index (χ1v) is 3.91. The largest absolute Gasteiger partial charge is 0.388 e.